The molecule has 0 bridgehead atoms. The van der Waals surface area contributed by atoms with E-state index in [0.29, 0.717) is 0 Å². The first-order valence-electron chi connectivity index (χ1n) is 4.99. The van der Waals surface area contributed by atoms with Crippen LogP contribution in [0.25, 0.3) is 11.1 Å². The number of hydrogen-bond acceptors (Lipinski definition) is 0. The molecule has 15 heavy (non-hydrogen) atoms. The Balaban J connectivity index is 2.49. The fourth-order valence-corrected chi connectivity index (χ4v) is 2.26. The van der Waals surface area contributed by atoms with E-state index < -0.39 is 0 Å². The first kappa shape index (κ1) is 10.4. The van der Waals surface area contributed by atoms with Crippen molar-refractivity contribution in [3.8, 4) is 11.1 Å². The summed E-state index contributed by atoms with van der Waals surface area (Å²) in [5.41, 5.74) is 5.11. The molecule has 0 saturated carbocycles. The molecule has 0 atom stereocenters. The fourth-order valence-electron chi connectivity index (χ4n) is 1.65. The van der Waals surface area contributed by atoms with Crippen molar-refractivity contribution in [2.75, 3.05) is 0 Å². The van der Waals surface area contributed by atoms with Gasteiger partial charge in [0.15, 0.2) is 0 Å². The van der Waals surface area contributed by atoms with Crippen molar-refractivity contribution >= 4 is 15.9 Å². The first-order valence-corrected chi connectivity index (χ1v) is 5.79. The number of halogens is 1. The van der Waals surface area contributed by atoms with Crippen LogP contribution in [0.3, 0.4) is 0 Å². The molecule has 1 heteroatoms. The third-order valence-corrected chi connectivity index (χ3v) is 2.88. The third kappa shape index (κ3) is 2.48. The SMILES string of the molecule is Cc1ccc(-c2cc(C)cc(Br)c2)cc1. The van der Waals surface area contributed by atoms with E-state index >= 15 is 0 Å². The summed E-state index contributed by atoms with van der Waals surface area (Å²) in [6.45, 7) is 4.22. The molecular formula is C14H13Br. The molecule has 0 fully saturated rings. The number of benzene rings is 2. The molecule has 0 aliphatic heterocycles. The normalized spacial score (nSPS) is 10.3. The Morgan fingerprint density at radius 3 is 2.00 bits per heavy atom. The molecule has 0 N–H and O–H groups in total. The maximum absolute atomic E-state index is 3.52. The Morgan fingerprint density at radius 2 is 1.40 bits per heavy atom. The van der Waals surface area contributed by atoms with E-state index in [4.69, 9.17) is 0 Å². The molecule has 2 rings (SSSR count). The van der Waals surface area contributed by atoms with Crippen molar-refractivity contribution in [2.45, 2.75) is 13.8 Å². The Labute approximate surface area is 99.1 Å². The van der Waals surface area contributed by atoms with Crippen LogP contribution in [-0.4, -0.2) is 0 Å². The van der Waals surface area contributed by atoms with E-state index in [9.17, 15) is 0 Å². The van der Waals surface area contributed by atoms with Gasteiger partial charge in [0.05, 0.1) is 0 Å². The zero-order valence-corrected chi connectivity index (χ0v) is 10.5. The summed E-state index contributed by atoms with van der Waals surface area (Å²) in [5.74, 6) is 0. The summed E-state index contributed by atoms with van der Waals surface area (Å²) in [6.07, 6.45) is 0. The van der Waals surface area contributed by atoms with E-state index in [1.54, 1.807) is 0 Å². The van der Waals surface area contributed by atoms with E-state index in [0.717, 1.165) is 4.47 Å². The van der Waals surface area contributed by atoms with Crippen LogP contribution in [-0.2, 0) is 0 Å². The lowest BCUT2D eigenvalue weighted by Gasteiger charge is -2.04. The van der Waals surface area contributed by atoms with Gasteiger partial charge in [0, 0.05) is 4.47 Å². The average molecular weight is 261 g/mol. The molecule has 0 aliphatic carbocycles. The Hall–Kier alpha value is -1.08. The van der Waals surface area contributed by atoms with Crippen LogP contribution in [0.2, 0.25) is 0 Å². The Bertz CT molecular complexity index is 449. The van der Waals surface area contributed by atoms with Gasteiger partial charge in [-0.25, -0.2) is 0 Å². The van der Waals surface area contributed by atoms with E-state index in [1.807, 2.05) is 0 Å². The maximum atomic E-state index is 3.52. The van der Waals surface area contributed by atoms with Crippen LogP contribution < -0.4 is 0 Å². The summed E-state index contributed by atoms with van der Waals surface area (Å²) in [6, 6.07) is 15.1. The molecule has 76 valence electrons. The van der Waals surface area contributed by atoms with Gasteiger partial charge in [-0.3, -0.25) is 0 Å². The molecule has 2 aromatic rings. The fraction of sp³-hybridized carbons (Fsp3) is 0.143. The maximum Gasteiger partial charge on any atom is 0.0184 e. The van der Waals surface area contributed by atoms with Crippen molar-refractivity contribution in [1.29, 1.82) is 0 Å². The monoisotopic (exact) mass is 260 g/mol. The molecule has 0 heterocycles. The second-order valence-corrected chi connectivity index (χ2v) is 4.80. The minimum absolute atomic E-state index is 1.14. The van der Waals surface area contributed by atoms with Gasteiger partial charge in [0.25, 0.3) is 0 Å². The predicted octanol–water partition coefficient (Wildman–Crippen LogP) is 4.73. The van der Waals surface area contributed by atoms with Gasteiger partial charge in [-0.1, -0.05) is 51.8 Å². The highest BCUT2D eigenvalue weighted by atomic mass is 79.9. The summed E-state index contributed by atoms with van der Waals surface area (Å²) in [7, 11) is 0. The lowest BCUT2D eigenvalue weighted by molar-refractivity contribution is 1.43. The molecule has 0 saturated heterocycles. The summed E-state index contributed by atoms with van der Waals surface area (Å²) >= 11 is 3.52. The predicted molar refractivity (Wildman–Crippen MR) is 69.1 cm³/mol. The van der Waals surface area contributed by atoms with Crippen LogP contribution in [0, 0.1) is 13.8 Å². The summed E-state index contributed by atoms with van der Waals surface area (Å²) in [5, 5.41) is 0. The lowest BCUT2D eigenvalue weighted by atomic mass is 10.0. The molecule has 0 unspecified atom stereocenters. The molecule has 0 amide bonds. The number of rotatable bonds is 1. The highest BCUT2D eigenvalue weighted by Crippen LogP contribution is 2.25. The lowest BCUT2D eigenvalue weighted by Crippen LogP contribution is -1.81. The van der Waals surface area contributed by atoms with Crippen LogP contribution in [0.1, 0.15) is 11.1 Å². The zero-order valence-electron chi connectivity index (χ0n) is 8.92. The topological polar surface area (TPSA) is 0 Å². The molecular weight excluding hydrogens is 248 g/mol. The van der Waals surface area contributed by atoms with Crippen molar-refractivity contribution in [1.82, 2.24) is 0 Å². The van der Waals surface area contributed by atoms with Crippen LogP contribution in [0.4, 0.5) is 0 Å². The van der Waals surface area contributed by atoms with Crippen LogP contribution >= 0.6 is 15.9 Å². The molecule has 0 aliphatic rings. The quantitative estimate of drug-likeness (QED) is 0.696. The third-order valence-electron chi connectivity index (χ3n) is 2.43. The van der Waals surface area contributed by atoms with Gasteiger partial charge in [0.2, 0.25) is 0 Å². The van der Waals surface area contributed by atoms with Gasteiger partial charge >= 0.3 is 0 Å². The molecule has 0 aromatic heterocycles. The summed E-state index contributed by atoms with van der Waals surface area (Å²) < 4.78 is 1.14. The van der Waals surface area contributed by atoms with Crippen LogP contribution in [0.5, 0.6) is 0 Å². The van der Waals surface area contributed by atoms with Crippen LogP contribution in [0.15, 0.2) is 46.9 Å². The highest BCUT2D eigenvalue weighted by molar-refractivity contribution is 9.10. The second-order valence-electron chi connectivity index (χ2n) is 3.88. The van der Waals surface area contributed by atoms with Crippen molar-refractivity contribution in [3.63, 3.8) is 0 Å². The number of hydrogen-bond donors (Lipinski definition) is 0. The van der Waals surface area contributed by atoms with Crippen molar-refractivity contribution in [2.24, 2.45) is 0 Å². The molecule has 0 nitrogen and oxygen atoms in total. The standard InChI is InChI=1S/C14H13Br/c1-10-3-5-12(6-4-10)13-7-11(2)8-14(15)9-13/h3-9H,1-2H3. The van der Waals surface area contributed by atoms with E-state index in [1.165, 1.54) is 22.3 Å². The Morgan fingerprint density at radius 1 is 0.733 bits per heavy atom. The Kier molecular flexibility index (Phi) is 2.92. The van der Waals surface area contributed by atoms with E-state index in [2.05, 4.69) is 72.2 Å². The minimum Gasteiger partial charge on any atom is -0.0587 e. The summed E-state index contributed by atoms with van der Waals surface area (Å²) in [4.78, 5) is 0. The average Bonchev–Trinajstić information content (AvgIpc) is 2.17. The van der Waals surface area contributed by atoms with Gasteiger partial charge in [-0.2, -0.15) is 0 Å². The molecule has 2 aromatic carbocycles. The first-order chi connectivity index (χ1) is 7.15. The van der Waals surface area contributed by atoms with Gasteiger partial charge in [0.1, 0.15) is 0 Å². The minimum atomic E-state index is 1.14. The molecule has 0 spiro atoms. The van der Waals surface area contributed by atoms with Crippen molar-refractivity contribution in [3.05, 3.63) is 58.1 Å². The van der Waals surface area contributed by atoms with Gasteiger partial charge < -0.3 is 0 Å². The highest BCUT2D eigenvalue weighted by Gasteiger charge is 1.99. The smallest absolute Gasteiger partial charge is 0.0184 e. The largest absolute Gasteiger partial charge is 0.0587 e. The van der Waals surface area contributed by atoms with Gasteiger partial charge in [-0.15, -0.1) is 0 Å². The van der Waals surface area contributed by atoms with Crippen molar-refractivity contribution < 1.29 is 0 Å². The van der Waals surface area contributed by atoms with E-state index in [-0.39, 0.29) is 0 Å². The second kappa shape index (κ2) is 4.19. The van der Waals surface area contributed by atoms with Gasteiger partial charge in [-0.05, 0) is 42.7 Å². The number of aryl methyl sites for hydroxylation is 2. The zero-order chi connectivity index (χ0) is 10.8. The molecule has 0 radical (unpaired) electrons.